The van der Waals surface area contributed by atoms with Crippen LogP contribution in [0.3, 0.4) is 0 Å². The number of aliphatic imine (C=N–C) groups is 1. The lowest BCUT2D eigenvalue weighted by Gasteiger charge is -2.39. The van der Waals surface area contributed by atoms with Crippen molar-refractivity contribution in [2.75, 3.05) is 6.54 Å². The fraction of sp³-hybridized carbons (Fsp3) is 0.833. The van der Waals surface area contributed by atoms with Crippen molar-refractivity contribution in [1.29, 1.82) is 0 Å². The smallest absolute Gasteiger partial charge is 0.204 e. The maximum atomic E-state index is 6.48. The van der Waals surface area contributed by atoms with Gasteiger partial charge >= 0.3 is 0 Å². The van der Waals surface area contributed by atoms with Gasteiger partial charge in [-0.15, -0.1) is 23.2 Å². The van der Waals surface area contributed by atoms with E-state index in [1.807, 2.05) is 10.6 Å². The molecule has 0 aromatic carbocycles. The average molecular weight is 421 g/mol. The number of nitrogens with two attached hydrogens (primary N) is 1. The predicted octanol–water partition coefficient (Wildman–Crippen LogP) is 3.67. The predicted molar refractivity (Wildman–Crippen MR) is 112 cm³/mol. The van der Waals surface area contributed by atoms with Gasteiger partial charge in [-0.1, -0.05) is 31.4 Å². The van der Waals surface area contributed by atoms with Crippen molar-refractivity contribution in [1.82, 2.24) is 9.73 Å². The molecule has 1 unspecified atom stereocenters. The van der Waals surface area contributed by atoms with Gasteiger partial charge in [0.25, 0.3) is 0 Å². The van der Waals surface area contributed by atoms with E-state index in [0.29, 0.717) is 17.7 Å². The second-order valence-electron chi connectivity index (χ2n) is 7.59. The third-order valence-corrected chi connectivity index (χ3v) is 7.94. The van der Waals surface area contributed by atoms with Crippen LogP contribution in [0.5, 0.6) is 0 Å². The van der Waals surface area contributed by atoms with Gasteiger partial charge in [-0.25, -0.2) is 0 Å². The maximum Gasteiger partial charge on any atom is 0.204 e. The summed E-state index contributed by atoms with van der Waals surface area (Å²) in [6, 6.07) is 0.142. The van der Waals surface area contributed by atoms with Crippen LogP contribution >= 0.6 is 35.1 Å². The summed E-state index contributed by atoms with van der Waals surface area (Å²) in [7, 11) is 0. The molecule has 7 atom stereocenters. The summed E-state index contributed by atoms with van der Waals surface area (Å²) in [5, 5.41) is 3.94. The van der Waals surface area contributed by atoms with Crippen LogP contribution in [0.2, 0.25) is 0 Å². The van der Waals surface area contributed by atoms with Gasteiger partial charge in [0.15, 0.2) is 0 Å². The van der Waals surface area contributed by atoms with E-state index in [4.69, 9.17) is 33.8 Å². The van der Waals surface area contributed by atoms with Crippen LogP contribution in [0.15, 0.2) is 17.3 Å². The minimum atomic E-state index is -0.0998. The zero-order valence-corrected chi connectivity index (χ0v) is 17.8. The highest BCUT2D eigenvalue weighted by molar-refractivity contribution is 7.97. The first-order valence-corrected chi connectivity index (χ1v) is 11.3. The number of rotatable bonds is 4. The molecule has 1 fully saturated rings. The number of hydrogen-bond acceptors (Lipinski definition) is 6. The highest BCUT2D eigenvalue weighted by Gasteiger charge is 2.37. The lowest BCUT2D eigenvalue weighted by Crippen LogP contribution is -2.50. The second kappa shape index (κ2) is 9.37. The van der Waals surface area contributed by atoms with Crippen molar-refractivity contribution in [3.05, 3.63) is 12.3 Å². The Labute approximate surface area is 171 Å². The number of nitrogens with zero attached hydrogens (tertiary/aromatic N) is 2. The summed E-state index contributed by atoms with van der Waals surface area (Å²) in [6.07, 6.45) is 9.14. The average Bonchev–Trinajstić information content (AvgIpc) is 2.62. The number of nitrogens with one attached hydrogen (secondary N) is 1. The molecule has 0 bridgehead atoms. The highest BCUT2D eigenvalue weighted by atomic mass is 35.5. The van der Waals surface area contributed by atoms with Crippen LogP contribution in [0.4, 0.5) is 0 Å². The van der Waals surface area contributed by atoms with Gasteiger partial charge in [0.2, 0.25) is 5.90 Å². The van der Waals surface area contributed by atoms with Crippen LogP contribution in [0, 0.1) is 5.92 Å². The molecule has 0 amide bonds. The number of ether oxygens (including phenoxy) is 1. The third kappa shape index (κ3) is 5.02. The van der Waals surface area contributed by atoms with Gasteiger partial charge < -0.3 is 10.1 Å². The van der Waals surface area contributed by atoms with Gasteiger partial charge in [0, 0.05) is 17.0 Å². The first kappa shape index (κ1) is 20.6. The second-order valence-corrected chi connectivity index (χ2v) is 10.0. The van der Waals surface area contributed by atoms with Gasteiger partial charge in [-0.2, -0.15) is 4.41 Å². The molecule has 3 N–H and O–H groups in total. The summed E-state index contributed by atoms with van der Waals surface area (Å²) in [5.41, 5.74) is 0. The van der Waals surface area contributed by atoms with E-state index in [-0.39, 0.29) is 28.9 Å². The molecule has 3 aliphatic rings. The van der Waals surface area contributed by atoms with Crippen molar-refractivity contribution in [3.8, 4) is 0 Å². The fourth-order valence-corrected chi connectivity index (χ4v) is 5.67. The Morgan fingerprint density at radius 1 is 1.35 bits per heavy atom. The van der Waals surface area contributed by atoms with Crippen molar-refractivity contribution in [2.24, 2.45) is 16.8 Å². The first-order chi connectivity index (χ1) is 12.5. The van der Waals surface area contributed by atoms with Crippen LogP contribution < -0.4 is 11.2 Å². The van der Waals surface area contributed by atoms with Gasteiger partial charge in [0.05, 0.1) is 18.0 Å². The Morgan fingerprint density at radius 2 is 2.15 bits per heavy atom. The van der Waals surface area contributed by atoms with Crippen molar-refractivity contribution < 1.29 is 4.74 Å². The topological polar surface area (TPSA) is 62.9 Å². The summed E-state index contributed by atoms with van der Waals surface area (Å²) in [6.45, 7) is 4.93. The van der Waals surface area contributed by atoms with E-state index in [2.05, 4.69) is 30.2 Å². The molecule has 26 heavy (non-hydrogen) atoms. The highest BCUT2D eigenvalue weighted by Crippen LogP contribution is 2.38. The van der Waals surface area contributed by atoms with Gasteiger partial charge in [-0.3, -0.25) is 10.8 Å². The molecule has 3 rings (SSSR count). The summed E-state index contributed by atoms with van der Waals surface area (Å²) < 4.78 is 8.10. The summed E-state index contributed by atoms with van der Waals surface area (Å²) in [4.78, 5) is 4.62. The minimum absolute atomic E-state index is 0.00893. The molecule has 2 aliphatic heterocycles. The molecule has 0 aromatic heterocycles. The van der Waals surface area contributed by atoms with Crippen LogP contribution in [-0.4, -0.2) is 51.0 Å². The molecule has 2 heterocycles. The molecule has 0 radical (unpaired) electrons. The Hall–Kier alpha value is -0.140. The zero-order chi connectivity index (χ0) is 18.7. The monoisotopic (exact) mass is 420 g/mol. The first-order valence-electron chi connectivity index (χ1n) is 9.56. The summed E-state index contributed by atoms with van der Waals surface area (Å²) >= 11 is 14.5. The Bertz CT molecular complexity index is 535. The molecule has 0 saturated heterocycles. The van der Waals surface area contributed by atoms with Gasteiger partial charge in [-0.05, 0) is 38.3 Å². The van der Waals surface area contributed by atoms with Gasteiger partial charge in [0.1, 0.15) is 12.1 Å². The number of alkyl halides is 2. The van der Waals surface area contributed by atoms with E-state index in [9.17, 15) is 0 Å². The Kier molecular flexibility index (Phi) is 7.42. The van der Waals surface area contributed by atoms with E-state index in [1.54, 1.807) is 11.9 Å². The quantitative estimate of drug-likeness (QED) is 0.314. The number of halogens is 2. The Morgan fingerprint density at radius 3 is 2.92 bits per heavy atom. The van der Waals surface area contributed by atoms with Crippen molar-refractivity contribution >= 4 is 41.0 Å². The molecule has 8 heteroatoms. The van der Waals surface area contributed by atoms with E-state index < -0.39 is 0 Å². The van der Waals surface area contributed by atoms with E-state index in [1.165, 1.54) is 0 Å². The SMILES string of the molecule is C[C@H]1NC=CC[C@H]1OC1=NC[C@H](Cl)C[C@@H]1N(N)S[C@@H]1CCCC(Cl)[C@@H]1C. The molecule has 5 nitrogen and oxygen atoms in total. The van der Waals surface area contributed by atoms with Crippen LogP contribution in [-0.2, 0) is 4.74 Å². The van der Waals surface area contributed by atoms with Crippen LogP contribution in [0.1, 0.15) is 46.0 Å². The number of hydrazine groups is 1. The zero-order valence-electron chi connectivity index (χ0n) is 15.5. The molecule has 148 valence electrons. The minimum Gasteiger partial charge on any atom is -0.474 e. The van der Waals surface area contributed by atoms with E-state index in [0.717, 1.165) is 38.0 Å². The molecular weight excluding hydrogens is 391 g/mol. The van der Waals surface area contributed by atoms with E-state index >= 15 is 0 Å². The Balaban J connectivity index is 1.65. The number of hydrogen-bond donors (Lipinski definition) is 2. The largest absolute Gasteiger partial charge is 0.474 e. The lowest BCUT2D eigenvalue weighted by atomic mass is 9.90. The molecule has 0 spiro atoms. The van der Waals surface area contributed by atoms with Crippen molar-refractivity contribution in [3.63, 3.8) is 0 Å². The van der Waals surface area contributed by atoms with Crippen molar-refractivity contribution in [2.45, 2.75) is 80.1 Å². The standard InChI is InChI=1S/C18H30Cl2N4OS/c1-11-14(20)5-3-7-17(11)26-24(21)15-9-13(19)10-23-18(15)25-16-6-4-8-22-12(16)2/h4,8,11-17,22H,3,5-7,9-10,21H2,1-2H3/t11-,12+,13+,14?,15-,16+,17+/m0/s1. The van der Waals surface area contributed by atoms with Crippen LogP contribution in [0.25, 0.3) is 0 Å². The maximum absolute atomic E-state index is 6.48. The molecule has 1 saturated carbocycles. The third-order valence-electron chi connectivity index (χ3n) is 5.57. The lowest BCUT2D eigenvalue weighted by molar-refractivity contribution is 0.132. The fourth-order valence-electron chi connectivity index (χ4n) is 3.73. The molecular formula is C18H30Cl2N4OS. The molecule has 0 aromatic rings. The normalized spacial score (nSPS) is 40.8. The molecule has 1 aliphatic carbocycles. The summed E-state index contributed by atoms with van der Waals surface area (Å²) in [5.74, 6) is 7.64.